The molecule has 0 bridgehead atoms. The summed E-state index contributed by atoms with van der Waals surface area (Å²) in [7, 11) is 3.38. The van der Waals surface area contributed by atoms with Crippen LogP contribution in [0.25, 0.3) is 0 Å². The van der Waals surface area contributed by atoms with Crippen molar-refractivity contribution in [1.82, 2.24) is 4.90 Å². The van der Waals surface area contributed by atoms with Crippen LogP contribution in [-0.4, -0.2) is 47.3 Å². The molecule has 0 aromatic carbocycles. The lowest BCUT2D eigenvalue weighted by atomic mass is 11.0. The highest BCUT2D eigenvalue weighted by Crippen LogP contribution is 1.52. The summed E-state index contributed by atoms with van der Waals surface area (Å²) in [6.45, 7) is 0. The highest BCUT2D eigenvalue weighted by molar-refractivity contribution is 5.45. The van der Waals surface area contributed by atoms with Crippen LogP contribution in [0.3, 0.4) is 0 Å². The van der Waals surface area contributed by atoms with Gasteiger partial charge >= 0.3 is 0 Å². The third-order valence-electron chi connectivity index (χ3n) is 0.211. The molecule has 0 spiro atoms. The van der Waals surface area contributed by atoms with Crippen LogP contribution in [0.5, 0.6) is 0 Å². The lowest BCUT2D eigenvalue weighted by Crippen LogP contribution is -2.06. The summed E-state index contributed by atoms with van der Waals surface area (Å²) < 4.78 is 0. The molecule has 9 heavy (non-hydrogen) atoms. The monoisotopic (exact) mass is 145 g/mol. The van der Waals surface area contributed by atoms with Crippen LogP contribution in [0.4, 0.5) is 0 Å². The van der Waals surface area contributed by atoms with Crippen LogP contribution in [0.15, 0.2) is 0 Å². The average molecular weight is 145 g/mol. The van der Waals surface area contributed by atoms with E-state index < -0.39 is 0 Å². The molecule has 0 aliphatic heterocycles. The first-order valence-corrected chi connectivity index (χ1v) is 1.39. The second-order valence-electron chi connectivity index (χ2n) is 1.07. The fraction of sp³-hybridized carbons (Fsp3) is 0.667. The van der Waals surface area contributed by atoms with Crippen LogP contribution in [0, 0.1) is 0 Å². The van der Waals surface area contributed by atoms with E-state index in [2.05, 4.69) is 0 Å². The quantitative estimate of drug-likeness (QED) is 0.345. The minimum Gasteiger partial charge on any atom is -0.412 e. The second-order valence-corrected chi connectivity index (χ2v) is 1.07. The van der Waals surface area contributed by atoms with E-state index in [-0.39, 0.29) is 21.9 Å². The smallest absolute Gasteiger partial charge is 0.209 e. The van der Waals surface area contributed by atoms with Gasteiger partial charge in [-0.25, -0.2) is 0 Å². The van der Waals surface area contributed by atoms with Gasteiger partial charge in [0.1, 0.15) is 0 Å². The highest BCUT2D eigenvalue weighted by atomic mass is 16.1. The van der Waals surface area contributed by atoms with Gasteiger partial charge in [0, 0.05) is 14.1 Å². The third-order valence-corrected chi connectivity index (χ3v) is 0.211. The molecule has 8 N–H and O–H groups in total. The molecule has 6 nitrogen and oxygen atoms in total. The summed E-state index contributed by atoms with van der Waals surface area (Å²) in [5, 5.41) is 0. The van der Waals surface area contributed by atoms with Crippen molar-refractivity contribution >= 4 is 6.41 Å². The molecule has 62 valence electrons. The Kier molecular flexibility index (Phi) is 120. The van der Waals surface area contributed by atoms with Crippen molar-refractivity contribution in [2.24, 2.45) is 0 Å². The maximum Gasteiger partial charge on any atom is 0.209 e. The van der Waals surface area contributed by atoms with Gasteiger partial charge in [0.25, 0.3) is 0 Å². The van der Waals surface area contributed by atoms with Crippen molar-refractivity contribution in [1.29, 1.82) is 0 Å². The average Bonchev–Trinajstić information content (AvgIpc) is 1.38. The molecule has 1 amide bonds. The number of carbonyl (C=O) groups is 1. The van der Waals surface area contributed by atoms with Gasteiger partial charge in [-0.2, -0.15) is 0 Å². The van der Waals surface area contributed by atoms with Gasteiger partial charge in [-0.05, 0) is 0 Å². The SMILES string of the molecule is CN(C)C=O.O.O.O.O. The van der Waals surface area contributed by atoms with Crippen LogP contribution in [-0.2, 0) is 4.79 Å². The number of amides is 1. The van der Waals surface area contributed by atoms with E-state index in [1.54, 1.807) is 14.1 Å². The molecule has 0 radical (unpaired) electrons. The third kappa shape index (κ3) is 120. The van der Waals surface area contributed by atoms with Crippen LogP contribution in [0.2, 0.25) is 0 Å². The minimum absolute atomic E-state index is 0. The molecule has 0 saturated heterocycles. The molecule has 0 saturated carbocycles. The molecular weight excluding hydrogens is 130 g/mol. The first-order valence-electron chi connectivity index (χ1n) is 1.39. The molecular formula is C3H15NO5. The number of rotatable bonds is 1. The van der Waals surface area contributed by atoms with Gasteiger partial charge in [0.05, 0.1) is 0 Å². The predicted molar refractivity (Wildman–Crippen MR) is 34.2 cm³/mol. The van der Waals surface area contributed by atoms with Crippen molar-refractivity contribution in [2.45, 2.75) is 0 Å². The van der Waals surface area contributed by atoms with Gasteiger partial charge in [-0.15, -0.1) is 0 Å². The van der Waals surface area contributed by atoms with E-state index in [1.807, 2.05) is 0 Å². The normalized spacial score (nSPS) is 3.78. The Morgan fingerprint density at radius 3 is 1.11 bits per heavy atom. The first kappa shape index (κ1) is 40.5. The lowest BCUT2D eigenvalue weighted by Gasteiger charge is -1.93. The maximum atomic E-state index is 9.43. The van der Waals surface area contributed by atoms with E-state index >= 15 is 0 Å². The number of carbonyl (C=O) groups excluding carboxylic acids is 1. The van der Waals surface area contributed by atoms with Crippen molar-refractivity contribution < 1.29 is 26.7 Å². The first-order chi connectivity index (χ1) is 2.27. The Labute approximate surface area is 53.3 Å². The largest absolute Gasteiger partial charge is 0.412 e. The molecule has 0 rings (SSSR count). The fourth-order valence-electron chi connectivity index (χ4n) is 0. The number of nitrogens with zero attached hydrogens (tertiary/aromatic N) is 1. The summed E-state index contributed by atoms with van der Waals surface area (Å²) in [5.41, 5.74) is 0. The lowest BCUT2D eigenvalue weighted by molar-refractivity contribution is -0.115. The van der Waals surface area contributed by atoms with Crippen molar-refractivity contribution in [3.63, 3.8) is 0 Å². The summed E-state index contributed by atoms with van der Waals surface area (Å²) >= 11 is 0. The minimum atomic E-state index is 0. The molecule has 0 atom stereocenters. The van der Waals surface area contributed by atoms with Gasteiger partial charge in [0.15, 0.2) is 0 Å². The van der Waals surface area contributed by atoms with Gasteiger partial charge in [-0.1, -0.05) is 0 Å². The molecule has 0 heterocycles. The zero-order chi connectivity index (χ0) is 4.28. The zero-order valence-corrected chi connectivity index (χ0v) is 5.43. The van der Waals surface area contributed by atoms with Crippen LogP contribution < -0.4 is 0 Å². The van der Waals surface area contributed by atoms with E-state index in [9.17, 15) is 4.79 Å². The molecule has 0 aromatic heterocycles. The second kappa shape index (κ2) is 26.6. The Bertz CT molecular complexity index is 39.2. The summed E-state index contributed by atoms with van der Waals surface area (Å²) in [4.78, 5) is 10.9. The number of hydrogen-bond acceptors (Lipinski definition) is 1. The Hall–Kier alpha value is -0.690. The summed E-state index contributed by atoms with van der Waals surface area (Å²) in [5.74, 6) is 0. The van der Waals surface area contributed by atoms with Gasteiger partial charge in [-0.3, -0.25) is 4.79 Å². The number of hydrogen-bond donors (Lipinski definition) is 0. The Morgan fingerprint density at radius 2 is 1.11 bits per heavy atom. The molecule has 0 aromatic rings. The predicted octanol–water partition coefficient (Wildman–Crippen LogP) is -3.59. The van der Waals surface area contributed by atoms with Crippen molar-refractivity contribution in [2.75, 3.05) is 14.1 Å². The van der Waals surface area contributed by atoms with E-state index in [1.165, 1.54) is 4.90 Å². The topological polar surface area (TPSA) is 146 Å². The van der Waals surface area contributed by atoms with E-state index in [0.717, 1.165) is 6.41 Å². The van der Waals surface area contributed by atoms with Crippen LogP contribution >= 0.6 is 0 Å². The van der Waals surface area contributed by atoms with E-state index in [4.69, 9.17) is 0 Å². The van der Waals surface area contributed by atoms with Crippen molar-refractivity contribution in [3.05, 3.63) is 0 Å². The standard InChI is InChI=1S/C3H7NO.4H2O/c1-4(2)3-5;;;;/h3H,1-2H3;4*1H2. The zero-order valence-electron chi connectivity index (χ0n) is 5.43. The van der Waals surface area contributed by atoms with Crippen LogP contribution in [0.1, 0.15) is 0 Å². The summed E-state index contributed by atoms with van der Waals surface area (Å²) in [6.07, 6.45) is 0.750. The summed E-state index contributed by atoms with van der Waals surface area (Å²) in [6, 6.07) is 0. The molecule has 0 fully saturated rings. The van der Waals surface area contributed by atoms with Gasteiger partial charge < -0.3 is 26.8 Å². The highest BCUT2D eigenvalue weighted by Gasteiger charge is 1.68. The molecule has 6 heteroatoms. The Morgan fingerprint density at radius 1 is 1.00 bits per heavy atom. The molecule has 0 unspecified atom stereocenters. The Balaban J connectivity index is -0.0000000133. The van der Waals surface area contributed by atoms with Gasteiger partial charge in [0.2, 0.25) is 6.41 Å². The van der Waals surface area contributed by atoms with Crippen molar-refractivity contribution in [3.8, 4) is 0 Å². The fourth-order valence-corrected chi connectivity index (χ4v) is 0. The molecule has 0 aliphatic rings. The maximum absolute atomic E-state index is 9.43. The molecule has 0 aliphatic carbocycles. The van der Waals surface area contributed by atoms with E-state index in [0.29, 0.717) is 0 Å².